The Hall–Kier alpha value is -0.770. The molecule has 0 aliphatic carbocycles. The average Bonchev–Trinajstić information content (AvgIpc) is 2.14. The normalized spacial score (nSPS) is 8.56. The van der Waals surface area contributed by atoms with Crippen molar-refractivity contribution in [2.45, 2.75) is 13.5 Å². The van der Waals surface area contributed by atoms with Crippen LogP contribution in [0.15, 0.2) is 6.20 Å². The molecule has 9 heavy (non-hydrogen) atoms. The SMILES string of the molecule is CCn1cc(N)nn1.Cl. The average molecular weight is 149 g/mol. The maximum absolute atomic E-state index is 5.26. The van der Waals surface area contributed by atoms with Crippen LogP contribution < -0.4 is 5.73 Å². The van der Waals surface area contributed by atoms with Gasteiger partial charge in [-0.25, -0.2) is 0 Å². The second-order valence-electron chi connectivity index (χ2n) is 1.50. The van der Waals surface area contributed by atoms with Crippen molar-refractivity contribution in [2.75, 3.05) is 5.73 Å². The molecule has 0 saturated heterocycles. The van der Waals surface area contributed by atoms with Crippen molar-refractivity contribution in [3.05, 3.63) is 6.20 Å². The molecule has 0 bridgehead atoms. The van der Waals surface area contributed by atoms with Crippen molar-refractivity contribution in [1.82, 2.24) is 15.0 Å². The first kappa shape index (κ1) is 8.23. The fourth-order valence-electron chi connectivity index (χ4n) is 0.468. The van der Waals surface area contributed by atoms with Gasteiger partial charge in [-0.3, -0.25) is 4.68 Å². The Kier molecular flexibility index (Phi) is 3.01. The number of nitrogens with two attached hydrogens (primary N) is 1. The predicted molar refractivity (Wildman–Crippen MR) is 37.4 cm³/mol. The summed E-state index contributed by atoms with van der Waals surface area (Å²) in [5, 5.41) is 7.25. The van der Waals surface area contributed by atoms with Crippen molar-refractivity contribution in [3.63, 3.8) is 0 Å². The van der Waals surface area contributed by atoms with E-state index in [0.29, 0.717) is 5.82 Å². The third-order valence-corrected chi connectivity index (χ3v) is 0.880. The molecule has 0 spiro atoms. The Morgan fingerprint density at radius 2 is 2.44 bits per heavy atom. The van der Waals surface area contributed by atoms with Crippen LogP contribution in [0.3, 0.4) is 0 Å². The second-order valence-corrected chi connectivity index (χ2v) is 1.50. The van der Waals surface area contributed by atoms with Crippen LogP contribution in [0.2, 0.25) is 0 Å². The van der Waals surface area contributed by atoms with Crippen LogP contribution in [0.25, 0.3) is 0 Å². The Morgan fingerprint density at radius 3 is 2.67 bits per heavy atom. The Labute approximate surface area is 59.4 Å². The van der Waals surface area contributed by atoms with E-state index in [0.717, 1.165) is 6.54 Å². The molecule has 52 valence electrons. The lowest BCUT2D eigenvalue weighted by Crippen LogP contribution is -1.93. The van der Waals surface area contributed by atoms with Gasteiger partial charge in [0, 0.05) is 6.54 Å². The van der Waals surface area contributed by atoms with Gasteiger partial charge < -0.3 is 5.73 Å². The van der Waals surface area contributed by atoms with Gasteiger partial charge in [0.15, 0.2) is 5.82 Å². The Balaban J connectivity index is 0.000000640. The van der Waals surface area contributed by atoms with Crippen LogP contribution in [-0.2, 0) is 6.54 Å². The van der Waals surface area contributed by atoms with E-state index < -0.39 is 0 Å². The molecule has 0 saturated carbocycles. The lowest BCUT2D eigenvalue weighted by molar-refractivity contribution is 0.627. The van der Waals surface area contributed by atoms with Gasteiger partial charge >= 0.3 is 0 Å². The van der Waals surface area contributed by atoms with Gasteiger partial charge in [-0.05, 0) is 6.92 Å². The highest BCUT2D eigenvalue weighted by Crippen LogP contribution is 1.89. The summed E-state index contributed by atoms with van der Waals surface area (Å²) in [6.45, 7) is 2.80. The maximum Gasteiger partial charge on any atom is 0.165 e. The van der Waals surface area contributed by atoms with Crippen LogP contribution in [0.5, 0.6) is 0 Å². The van der Waals surface area contributed by atoms with Crippen molar-refractivity contribution in [2.24, 2.45) is 0 Å². The number of aromatic nitrogens is 3. The van der Waals surface area contributed by atoms with Crippen molar-refractivity contribution < 1.29 is 0 Å². The molecule has 0 aliphatic rings. The van der Waals surface area contributed by atoms with Crippen LogP contribution in [-0.4, -0.2) is 15.0 Å². The first-order valence-corrected chi connectivity index (χ1v) is 2.48. The summed E-state index contributed by atoms with van der Waals surface area (Å²) in [4.78, 5) is 0. The smallest absolute Gasteiger partial charge is 0.165 e. The van der Waals surface area contributed by atoms with E-state index in [4.69, 9.17) is 5.73 Å². The molecule has 5 heteroatoms. The van der Waals surface area contributed by atoms with Crippen molar-refractivity contribution >= 4 is 18.2 Å². The number of nitrogens with zero attached hydrogens (tertiary/aromatic N) is 3. The number of nitrogen functional groups attached to an aromatic ring is 1. The van der Waals surface area contributed by atoms with E-state index in [1.807, 2.05) is 6.92 Å². The van der Waals surface area contributed by atoms with E-state index >= 15 is 0 Å². The highest BCUT2D eigenvalue weighted by atomic mass is 35.5. The zero-order chi connectivity index (χ0) is 5.98. The molecule has 0 fully saturated rings. The summed E-state index contributed by atoms with van der Waals surface area (Å²) in [5.74, 6) is 0.479. The molecule has 1 aromatic rings. The van der Waals surface area contributed by atoms with Gasteiger partial charge in [0.25, 0.3) is 0 Å². The molecular formula is C4H9ClN4. The molecule has 1 heterocycles. The Morgan fingerprint density at radius 1 is 1.78 bits per heavy atom. The molecular weight excluding hydrogens is 140 g/mol. The molecule has 2 N–H and O–H groups in total. The largest absolute Gasteiger partial charge is 0.381 e. The third kappa shape index (κ3) is 1.89. The number of hydrogen-bond acceptors (Lipinski definition) is 3. The second kappa shape index (κ2) is 3.29. The number of halogens is 1. The summed E-state index contributed by atoms with van der Waals surface area (Å²) >= 11 is 0. The monoisotopic (exact) mass is 148 g/mol. The standard InChI is InChI=1S/C4H8N4.ClH/c1-2-8-3-4(5)6-7-8;/h3H,2,5H2,1H3;1H. The summed E-state index contributed by atoms with van der Waals surface area (Å²) in [6.07, 6.45) is 1.69. The minimum atomic E-state index is 0. The van der Waals surface area contributed by atoms with Crippen molar-refractivity contribution in [3.8, 4) is 0 Å². The van der Waals surface area contributed by atoms with Crippen LogP contribution in [0, 0.1) is 0 Å². The maximum atomic E-state index is 5.26. The number of rotatable bonds is 1. The lowest BCUT2D eigenvalue weighted by Gasteiger charge is -1.85. The predicted octanol–water partition coefficient (Wildman–Crippen LogP) is 0.302. The first-order valence-electron chi connectivity index (χ1n) is 2.48. The molecule has 4 nitrogen and oxygen atoms in total. The molecule has 0 aliphatic heterocycles. The molecule has 0 radical (unpaired) electrons. The van der Waals surface area contributed by atoms with Crippen LogP contribution in [0.1, 0.15) is 6.92 Å². The third-order valence-electron chi connectivity index (χ3n) is 0.880. The van der Waals surface area contributed by atoms with Crippen molar-refractivity contribution in [1.29, 1.82) is 0 Å². The van der Waals surface area contributed by atoms with Gasteiger partial charge in [-0.15, -0.1) is 17.5 Å². The zero-order valence-electron chi connectivity index (χ0n) is 5.11. The highest BCUT2D eigenvalue weighted by molar-refractivity contribution is 5.85. The minimum Gasteiger partial charge on any atom is -0.381 e. The summed E-state index contributed by atoms with van der Waals surface area (Å²) in [6, 6.07) is 0. The minimum absolute atomic E-state index is 0. The molecule has 1 aromatic heterocycles. The van der Waals surface area contributed by atoms with E-state index in [9.17, 15) is 0 Å². The lowest BCUT2D eigenvalue weighted by atomic mass is 10.7. The molecule has 0 atom stereocenters. The van der Waals surface area contributed by atoms with Gasteiger partial charge in [0.05, 0.1) is 6.20 Å². The van der Waals surface area contributed by atoms with E-state index in [1.165, 1.54) is 0 Å². The summed E-state index contributed by atoms with van der Waals surface area (Å²) in [7, 11) is 0. The number of anilines is 1. The number of hydrogen-bond donors (Lipinski definition) is 1. The fourth-order valence-corrected chi connectivity index (χ4v) is 0.468. The van der Waals surface area contributed by atoms with Crippen LogP contribution >= 0.6 is 12.4 Å². The Bertz CT molecular complexity index is 173. The quantitative estimate of drug-likeness (QED) is 0.624. The van der Waals surface area contributed by atoms with Gasteiger partial charge in [-0.1, -0.05) is 5.21 Å². The summed E-state index contributed by atoms with van der Waals surface area (Å²) < 4.78 is 1.68. The van der Waals surface area contributed by atoms with Gasteiger partial charge in [0.2, 0.25) is 0 Å². The number of aryl methyl sites for hydroxylation is 1. The van der Waals surface area contributed by atoms with E-state index in [-0.39, 0.29) is 12.4 Å². The molecule has 0 unspecified atom stereocenters. The van der Waals surface area contributed by atoms with Crippen LogP contribution in [0.4, 0.5) is 5.82 Å². The molecule has 1 rings (SSSR count). The molecule has 0 amide bonds. The highest BCUT2D eigenvalue weighted by Gasteiger charge is 1.88. The van der Waals surface area contributed by atoms with E-state index in [2.05, 4.69) is 10.3 Å². The topological polar surface area (TPSA) is 56.7 Å². The van der Waals surface area contributed by atoms with Gasteiger partial charge in [-0.2, -0.15) is 0 Å². The zero-order valence-corrected chi connectivity index (χ0v) is 5.93. The fraction of sp³-hybridized carbons (Fsp3) is 0.500. The molecule has 0 aromatic carbocycles. The summed E-state index contributed by atoms with van der Waals surface area (Å²) in [5.41, 5.74) is 5.26. The first-order chi connectivity index (χ1) is 3.83. The van der Waals surface area contributed by atoms with Gasteiger partial charge in [0.1, 0.15) is 0 Å². The van der Waals surface area contributed by atoms with E-state index in [1.54, 1.807) is 10.9 Å².